The van der Waals surface area contributed by atoms with Crippen LogP contribution in [0.5, 0.6) is 11.5 Å². The van der Waals surface area contributed by atoms with Crippen LogP contribution in [0.3, 0.4) is 0 Å². The molecule has 0 unspecified atom stereocenters. The monoisotopic (exact) mass is 364 g/mol. The van der Waals surface area contributed by atoms with Crippen molar-refractivity contribution in [3.63, 3.8) is 0 Å². The van der Waals surface area contributed by atoms with Gasteiger partial charge in [0.05, 0.1) is 5.56 Å². The van der Waals surface area contributed by atoms with Crippen LogP contribution in [0.15, 0.2) is 42.5 Å². The van der Waals surface area contributed by atoms with E-state index in [4.69, 9.17) is 4.74 Å². The number of nitrogens with zero attached hydrogens (tertiary/aromatic N) is 1. The van der Waals surface area contributed by atoms with Crippen LogP contribution in [0.4, 0.5) is 0 Å². The number of hydrogen-bond donors (Lipinski definition) is 1. The second-order valence-electron chi connectivity index (χ2n) is 4.03. The predicted molar refractivity (Wildman–Crippen MR) is 83.2 cm³/mol. The molecule has 0 amide bonds. The third-order valence-corrected chi connectivity index (χ3v) is 3.31. The summed E-state index contributed by atoms with van der Waals surface area (Å²) in [4.78, 5) is 0. The normalized spacial score (nSPS) is 9.95. The molecule has 0 aliphatic heterocycles. The summed E-state index contributed by atoms with van der Waals surface area (Å²) in [6, 6.07) is 15.5. The molecule has 0 aliphatic rings. The molecule has 2 rings (SSSR count). The Balaban J connectivity index is 2.25. The minimum Gasteiger partial charge on any atom is -0.456 e. The highest BCUT2D eigenvalue weighted by Gasteiger charge is 2.06. The highest BCUT2D eigenvalue weighted by molar-refractivity contribution is 14.1. The molecule has 3 nitrogen and oxygen atoms in total. The molecule has 2 aromatic carbocycles. The lowest BCUT2D eigenvalue weighted by Crippen LogP contribution is -2.05. The first kappa shape index (κ1) is 13.8. The highest BCUT2D eigenvalue weighted by Crippen LogP contribution is 2.26. The van der Waals surface area contributed by atoms with Crippen LogP contribution in [0.1, 0.15) is 11.1 Å². The first-order chi connectivity index (χ1) is 9.22. The molecule has 0 atom stereocenters. The van der Waals surface area contributed by atoms with Gasteiger partial charge in [-0.05, 0) is 71.6 Å². The molecule has 0 aromatic heterocycles. The van der Waals surface area contributed by atoms with E-state index in [0.717, 1.165) is 21.4 Å². The largest absolute Gasteiger partial charge is 0.456 e. The molecular weight excluding hydrogens is 351 g/mol. The Bertz CT molecular complexity index is 603. The topological polar surface area (TPSA) is 45.0 Å². The molecule has 0 aliphatic carbocycles. The van der Waals surface area contributed by atoms with Crippen LogP contribution in [-0.2, 0) is 6.54 Å². The fraction of sp³-hybridized carbons (Fsp3) is 0.133. The number of benzene rings is 2. The SMILES string of the molecule is CNCc1ccc(Oc2ccc(I)cc2)c(C#N)c1. The van der Waals surface area contributed by atoms with Gasteiger partial charge >= 0.3 is 0 Å². The van der Waals surface area contributed by atoms with E-state index in [0.29, 0.717) is 11.3 Å². The van der Waals surface area contributed by atoms with Crippen LogP contribution in [0, 0.1) is 14.9 Å². The number of halogens is 1. The third kappa shape index (κ3) is 3.69. The molecule has 0 fully saturated rings. The smallest absolute Gasteiger partial charge is 0.145 e. The van der Waals surface area contributed by atoms with Gasteiger partial charge in [0, 0.05) is 10.1 Å². The molecular formula is C15H13IN2O. The van der Waals surface area contributed by atoms with Crippen LogP contribution in [0.25, 0.3) is 0 Å². The summed E-state index contributed by atoms with van der Waals surface area (Å²) in [5.41, 5.74) is 1.61. The molecule has 1 N–H and O–H groups in total. The number of nitrogens with one attached hydrogen (secondary N) is 1. The van der Waals surface area contributed by atoms with Crippen molar-refractivity contribution in [2.24, 2.45) is 0 Å². The molecule has 0 spiro atoms. The maximum absolute atomic E-state index is 9.18. The van der Waals surface area contributed by atoms with Crippen molar-refractivity contribution in [3.8, 4) is 17.6 Å². The highest BCUT2D eigenvalue weighted by atomic mass is 127. The van der Waals surface area contributed by atoms with Crippen molar-refractivity contribution in [3.05, 3.63) is 57.2 Å². The zero-order chi connectivity index (χ0) is 13.7. The van der Waals surface area contributed by atoms with Gasteiger partial charge in [-0.25, -0.2) is 0 Å². The summed E-state index contributed by atoms with van der Waals surface area (Å²) in [7, 11) is 1.88. The van der Waals surface area contributed by atoms with Gasteiger partial charge in [0.15, 0.2) is 0 Å². The van der Waals surface area contributed by atoms with E-state index in [9.17, 15) is 5.26 Å². The van der Waals surface area contributed by atoms with E-state index in [1.165, 1.54) is 0 Å². The molecule has 0 radical (unpaired) electrons. The van der Waals surface area contributed by atoms with Crippen molar-refractivity contribution >= 4 is 22.6 Å². The quantitative estimate of drug-likeness (QED) is 0.842. The fourth-order valence-corrected chi connectivity index (χ4v) is 2.06. The summed E-state index contributed by atoms with van der Waals surface area (Å²) >= 11 is 2.24. The van der Waals surface area contributed by atoms with E-state index in [2.05, 4.69) is 34.0 Å². The molecule has 19 heavy (non-hydrogen) atoms. The summed E-state index contributed by atoms with van der Waals surface area (Å²) in [6.07, 6.45) is 0. The Kier molecular flexibility index (Phi) is 4.77. The van der Waals surface area contributed by atoms with E-state index < -0.39 is 0 Å². The van der Waals surface area contributed by atoms with Crippen molar-refractivity contribution in [2.75, 3.05) is 7.05 Å². The van der Waals surface area contributed by atoms with Gasteiger partial charge in [0.25, 0.3) is 0 Å². The molecule has 4 heteroatoms. The van der Waals surface area contributed by atoms with Crippen molar-refractivity contribution in [2.45, 2.75) is 6.54 Å². The summed E-state index contributed by atoms with van der Waals surface area (Å²) in [6.45, 7) is 0.735. The Hall–Kier alpha value is -1.58. The van der Waals surface area contributed by atoms with Gasteiger partial charge in [0.2, 0.25) is 0 Å². The third-order valence-electron chi connectivity index (χ3n) is 2.59. The number of nitriles is 1. The average molecular weight is 364 g/mol. The van der Waals surface area contributed by atoms with E-state index >= 15 is 0 Å². The minimum atomic E-state index is 0.548. The van der Waals surface area contributed by atoms with Crippen molar-refractivity contribution in [1.29, 1.82) is 5.26 Å². The Morgan fingerprint density at radius 1 is 1.21 bits per heavy atom. The van der Waals surface area contributed by atoms with Crippen LogP contribution >= 0.6 is 22.6 Å². The minimum absolute atomic E-state index is 0.548. The van der Waals surface area contributed by atoms with Crippen LogP contribution < -0.4 is 10.1 Å². The molecule has 96 valence electrons. The predicted octanol–water partition coefficient (Wildman–Crippen LogP) is 3.67. The van der Waals surface area contributed by atoms with Crippen LogP contribution in [-0.4, -0.2) is 7.05 Å². The maximum atomic E-state index is 9.18. The average Bonchev–Trinajstić information content (AvgIpc) is 2.43. The number of rotatable bonds is 4. The zero-order valence-corrected chi connectivity index (χ0v) is 12.6. The molecule has 0 bridgehead atoms. The summed E-state index contributed by atoms with van der Waals surface area (Å²) in [5, 5.41) is 12.2. The lowest BCUT2D eigenvalue weighted by Gasteiger charge is -2.09. The fourth-order valence-electron chi connectivity index (χ4n) is 1.70. The van der Waals surface area contributed by atoms with E-state index in [1.807, 2.05) is 49.5 Å². The van der Waals surface area contributed by atoms with Gasteiger partial charge in [-0.3, -0.25) is 0 Å². The number of ether oxygens (including phenoxy) is 1. The maximum Gasteiger partial charge on any atom is 0.145 e. The van der Waals surface area contributed by atoms with E-state index in [-0.39, 0.29) is 0 Å². The Morgan fingerprint density at radius 2 is 1.95 bits per heavy atom. The Morgan fingerprint density at radius 3 is 2.58 bits per heavy atom. The van der Waals surface area contributed by atoms with Crippen LogP contribution in [0.2, 0.25) is 0 Å². The first-order valence-corrected chi connectivity index (χ1v) is 6.92. The Labute approximate surface area is 126 Å². The molecule has 0 saturated heterocycles. The number of hydrogen-bond acceptors (Lipinski definition) is 3. The van der Waals surface area contributed by atoms with Gasteiger partial charge in [-0.1, -0.05) is 6.07 Å². The lowest BCUT2D eigenvalue weighted by molar-refractivity contribution is 0.480. The molecule has 0 saturated carbocycles. The second kappa shape index (κ2) is 6.55. The van der Waals surface area contributed by atoms with Crippen molar-refractivity contribution in [1.82, 2.24) is 5.32 Å². The zero-order valence-electron chi connectivity index (χ0n) is 10.5. The van der Waals surface area contributed by atoms with Gasteiger partial charge < -0.3 is 10.1 Å². The van der Waals surface area contributed by atoms with Gasteiger partial charge in [-0.2, -0.15) is 5.26 Å². The van der Waals surface area contributed by atoms with E-state index in [1.54, 1.807) is 0 Å². The molecule has 0 heterocycles. The molecule has 2 aromatic rings. The summed E-state index contributed by atoms with van der Waals surface area (Å²) < 4.78 is 6.89. The lowest BCUT2D eigenvalue weighted by atomic mass is 10.1. The standard InChI is InChI=1S/C15H13IN2O/c1-18-10-11-2-7-15(12(8-11)9-17)19-14-5-3-13(16)4-6-14/h2-8,18H,10H2,1H3. The second-order valence-corrected chi connectivity index (χ2v) is 5.27. The van der Waals surface area contributed by atoms with Gasteiger partial charge in [-0.15, -0.1) is 0 Å². The first-order valence-electron chi connectivity index (χ1n) is 5.84. The van der Waals surface area contributed by atoms with Crippen molar-refractivity contribution < 1.29 is 4.74 Å². The summed E-state index contributed by atoms with van der Waals surface area (Å²) in [5.74, 6) is 1.32. The van der Waals surface area contributed by atoms with Gasteiger partial charge in [0.1, 0.15) is 17.6 Å².